The highest BCUT2D eigenvalue weighted by Crippen LogP contribution is 2.24. The first kappa shape index (κ1) is 20.8. The van der Waals surface area contributed by atoms with Gasteiger partial charge in [0, 0.05) is 29.4 Å². The van der Waals surface area contributed by atoms with Crippen LogP contribution < -0.4 is 10.1 Å². The van der Waals surface area contributed by atoms with Crippen LogP contribution in [-0.2, 0) is 0 Å². The molecule has 31 heavy (non-hydrogen) atoms. The van der Waals surface area contributed by atoms with Crippen LogP contribution in [-0.4, -0.2) is 28.8 Å². The van der Waals surface area contributed by atoms with Crippen molar-refractivity contribution in [1.29, 1.82) is 0 Å². The van der Waals surface area contributed by atoms with E-state index in [1.807, 2.05) is 37.3 Å². The van der Waals surface area contributed by atoms with Gasteiger partial charge in [-0.1, -0.05) is 54.6 Å². The van der Waals surface area contributed by atoms with Crippen LogP contribution in [0.4, 0.5) is 0 Å². The number of rotatable bonds is 6. The van der Waals surface area contributed by atoms with Crippen molar-refractivity contribution in [2.45, 2.75) is 44.8 Å². The lowest BCUT2D eigenvalue weighted by Gasteiger charge is -2.29. The third kappa shape index (κ3) is 5.18. The lowest BCUT2D eigenvalue weighted by atomic mass is 9.92. The van der Waals surface area contributed by atoms with Crippen LogP contribution in [0.2, 0.25) is 0 Å². The molecule has 1 aromatic heterocycles. The predicted octanol–water partition coefficient (Wildman–Crippen LogP) is 4.74. The van der Waals surface area contributed by atoms with E-state index >= 15 is 0 Å². The fraction of sp³-hybridized carbons (Fsp3) is 0.269. The lowest BCUT2D eigenvalue weighted by Crippen LogP contribution is -2.40. The molecule has 0 radical (unpaired) electrons. The van der Waals surface area contributed by atoms with E-state index in [1.165, 1.54) is 0 Å². The van der Waals surface area contributed by atoms with E-state index in [-0.39, 0.29) is 23.8 Å². The Balaban J connectivity index is 1.36. The molecular formula is C26H26N2O3. The molecule has 0 spiro atoms. The maximum atomic E-state index is 13.0. The highest BCUT2D eigenvalue weighted by atomic mass is 16.5. The molecule has 1 N–H and O–H groups in total. The summed E-state index contributed by atoms with van der Waals surface area (Å²) in [6.45, 7) is 2.00. The van der Waals surface area contributed by atoms with E-state index in [0.717, 1.165) is 31.2 Å². The zero-order chi connectivity index (χ0) is 21.6. The summed E-state index contributed by atoms with van der Waals surface area (Å²) in [5.41, 5.74) is 2.52. The highest BCUT2D eigenvalue weighted by molar-refractivity contribution is 6.15. The predicted molar refractivity (Wildman–Crippen MR) is 119 cm³/mol. The summed E-state index contributed by atoms with van der Waals surface area (Å²) < 4.78 is 5.98. The minimum Gasteiger partial charge on any atom is -0.474 e. The molecule has 158 valence electrons. The second kappa shape index (κ2) is 9.56. The minimum atomic E-state index is -0.204. The summed E-state index contributed by atoms with van der Waals surface area (Å²) >= 11 is 0. The first-order valence-corrected chi connectivity index (χ1v) is 10.7. The van der Waals surface area contributed by atoms with Crippen molar-refractivity contribution in [3.63, 3.8) is 0 Å². The molecule has 0 saturated heterocycles. The maximum Gasteiger partial charge on any atom is 0.252 e. The summed E-state index contributed by atoms with van der Waals surface area (Å²) in [7, 11) is 0. The summed E-state index contributed by atoms with van der Waals surface area (Å²) in [5, 5.41) is 3.11. The summed E-state index contributed by atoms with van der Waals surface area (Å²) in [6, 6.07) is 20.0. The Morgan fingerprint density at radius 1 is 0.871 bits per heavy atom. The molecule has 1 heterocycles. The molecular weight excluding hydrogens is 388 g/mol. The third-order valence-corrected chi connectivity index (χ3v) is 5.63. The molecule has 2 aromatic carbocycles. The molecule has 1 aliphatic carbocycles. The monoisotopic (exact) mass is 414 g/mol. The first-order valence-electron chi connectivity index (χ1n) is 10.7. The van der Waals surface area contributed by atoms with Crippen LogP contribution in [0.5, 0.6) is 5.88 Å². The number of aromatic nitrogens is 1. The van der Waals surface area contributed by atoms with Crippen LogP contribution in [0.25, 0.3) is 0 Å². The van der Waals surface area contributed by atoms with Crippen molar-refractivity contribution in [1.82, 2.24) is 10.3 Å². The Morgan fingerprint density at radius 3 is 2.23 bits per heavy atom. The molecule has 1 saturated carbocycles. The van der Waals surface area contributed by atoms with Gasteiger partial charge in [-0.25, -0.2) is 4.98 Å². The number of pyridine rings is 1. The van der Waals surface area contributed by atoms with E-state index in [2.05, 4.69) is 10.3 Å². The number of benzene rings is 2. The minimum absolute atomic E-state index is 0.0678. The maximum absolute atomic E-state index is 13.0. The molecule has 0 atom stereocenters. The number of nitrogens with one attached hydrogen (secondary N) is 1. The van der Waals surface area contributed by atoms with Crippen molar-refractivity contribution in [2.24, 2.45) is 0 Å². The van der Waals surface area contributed by atoms with Gasteiger partial charge in [0.15, 0.2) is 5.78 Å². The van der Waals surface area contributed by atoms with Gasteiger partial charge in [0.2, 0.25) is 5.88 Å². The fourth-order valence-corrected chi connectivity index (χ4v) is 3.91. The number of aryl methyl sites for hydroxylation is 1. The summed E-state index contributed by atoms with van der Waals surface area (Å²) in [5.74, 6) is 0.296. The second-order valence-corrected chi connectivity index (χ2v) is 7.98. The van der Waals surface area contributed by atoms with Crippen molar-refractivity contribution in [3.8, 4) is 5.88 Å². The average molecular weight is 415 g/mol. The fourth-order valence-electron chi connectivity index (χ4n) is 3.91. The molecule has 0 unspecified atom stereocenters. The smallest absolute Gasteiger partial charge is 0.252 e. The lowest BCUT2D eigenvalue weighted by molar-refractivity contribution is 0.0883. The molecule has 1 amide bonds. The number of ether oxygens (including phenoxy) is 1. The Hall–Kier alpha value is -3.47. The Bertz CT molecular complexity index is 1040. The number of hydrogen-bond donors (Lipinski definition) is 1. The van der Waals surface area contributed by atoms with E-state index in [9.17, 15) is 9.59 Å². The number of nitrogens with zero attached hydrogens (tertiary/aromatic N) is 1. The quantitative estimate of drug-likeness (QED) is 0.592. The summed E-state index contributed by atoms with van der Waals surface area (Å²) in [6.07, 6.45) is 5.27. The molecule has 0 bridgehead atoms. The number of carbonyl (C=O) groups is 2. The van der Waals surface area contributed by atoms with Gasteiger partial charge in [0.25, 0.3) is 5.91 Å². The van der Waals surface area contributed by atoms with Crippen molar-refractivity contribution in [2.75, 3.05) is 0 Å². The second-order valence-electron chi connectivity index (χ2n) is 7.98. The van der Waals surface area contributed by atoms with Crippen LogP contribution >= 0.6 is 0 Å². The Morgan fingerprint density at radius 2 is 1.55 bits per heavy atom. The molecule has 5 heteroatoms. The van der Waals surface area contributed by atoms with Gasteiger partial charge in [0.1, 0.15) is 6.10 Å². The van der Waals surface area contributed by atoms with Gasteiger partial charge in [-0.3, -0.25) is 9.59 Å². The zero-order valence-corrected chi connectivity index (χ0v) is 17.6. The van der Waals surface area contributed by atoms with Gasteiger partial charge >= 0.3 is 0 Å². The number of ketones is 1. The Kier molecular flexibility index (Phi) is 6.41. The van der Waals surface area contributed by atoms with Gasteiger partial charge in [0.05, 0.1) is 5.56 Å². The van der Waals surface area contributed by atoms with Crippen molar-refractivity contribution in [3.05, 3.63) is 95.2 Å². The van der Waals surface area contributed by atoms with E-state index in [1.54, 1.807) is 42.6 Å². The van der Waals surface area contributed by atoms with E-state index in [4.69, 9.17) is 4.74 Å². The third-order valence-electron chi connectivity index (χ3n) is 5.63. The number of amides is 1. The van der Waals surface area contributed by atoms with Crippen LogP contribution in [0.3, 0.4) is 0 Å². The average Bonchev–Trinajstić information content (AvgIpc) is 2.82. The summed E-state index contributed by atoms with van der Waals surface area (Å²) in [4.78, 5) is 30.2. The van der Waals surface area contributed by atoms with E-state index < -0.39 is 0 Å². The van der Waals surface area contributed by atoms with Crippen LogP contribution in [0.1, 0.15) is 57.5 Å². The Labute approximate surface area is 182 Å². The normalized spacial score (nSPS) is 18.2. The van der Waals surface area contributed by atoms with Crippen LogP contribution in [0.15, 0.2) is 72.9 Å². The van der Waals surface area contributed by atoms with Gasteiger partial charge in [-0.05, 0) is 44.2 Å². The number of carbonyl (C=O) groups excluding carboxylic acids is 2. The molecule has 1 aliphatic rings. The SMILES string of the molecule is Cc1ccc(OC2CCC(NC(=O)c3ccccc3C(=O)c3ccccc3)CC2)nc1. The topological polar surface area (TPSA) is 68.3 Å². The van der Waals surface area contributed by atoms with E-state index in [0.29, 0.717) is 22.6 Å². The van der Waals surface area contributed by atoms with Gasteiger partial charge in [-0.2, -0.15) is 0 Å². The first-order chi connectivity index (χ1) is 15.1. The molecule has 1 fully saturated rings. The van der Waals surface area contributed by atoms with Crippen LogP contribution in [0, 0.1) is 6.92 Å². The molecule has 0 aliphatic heterocycles. The standard InChI is InChI=1S/C26H26N2O3/c1-18-11-16-24(27-17-18)31-21-14-12-20(13-15-21)28-26(30)23-10-6-5-9-22(23)25(29)19-7-3-2-4-8-19/h2-11,16-17,20-21H,12-15H2,1H3,(H,28,30). The van der Waals surface area contributed by atoms with Gasteiger partial charge < -0.3 is 10.1 Å². The van der Waals surface area contributed by atoms with Crippen molar-refractivity contribution < 1.29 is 14.3 Å². The molecule has 3 aromatic rings. The molecule has 4 rings (SSSR count). The zero-order valence-electron chi connectivity index (χ0n) is 17.6. The van der Waals surface area contributed by atoms with Gasteiger partial charge in [-0.15, -0.1) is 0 Å². The highest BCUT2D eigenvalue weighted by Gasteiger charge is 2.25. The largest absolute Gasteiger partial charge is 0.474 e. The molecule has 5 nitrogen and oxygen atoms in total. The van der Waals surface area contributed by atoms with Crippen molar-refractivity contribution >= 4 is 11.7 Å². The number of hydrogen-bond acceptors (Lipinski definition) is 4.